The average molecular weight is 384 g/mol. The second kappa shape index (κ2) is 6.77. The van der Waals surface area contributed by atoms with Gasteiger partial charge in [0.15, 0.2) is 0 Å². The topological polar surface area (TPSA) is 90.9 Å². The summed E-state index contributed by atoms with van der Waals surface area (Å²) in [5.41, 5.74) is 5.24. The molecule has 0 radical (unpaired) electrons. The minimum Gasteiger partial charge on any atom is -0.394 e. The highest BCUT2D eigenvalue weighted by Crippen LogP contribution is 2.42. The molecular weight excluding hydrogens is 359 g/mol. The lowest BCUT2D eigenvalue weighted by atomic mass is 10.0. The van der Waals surface area contributed by atoms with Crippen LogP contribution in [0.5, 0.6) is 0 Å². The fourth-order valence-corrected chi connectivity index (χ4v) is 4.92. The molecule has 3 aromatic rings. The highest BCUT2D eigenvalue weighted by atomic mass is 31.2. The standard InChI is InChI=1S/C20H25N4O2P/c1-12(11-25)22-20-21-10-13-6-4-8-15-17(18(13)24-20)14-7-5-9-16(19(14)23-15)27(2,3)26/h5,7,9-10,12,23,25H,4,6,8,11H2,1-3H3,(H,21,22,24)/t12-/m0/s1. The van der Waals surface area contributed by atoms with E-state index in [4.69, 9.17) is 4.98 Å². The van der Waals surface area contributed by atoms with Gasteiger partial charge >= 0.3 is 0 Å². The van der Waals surface area contributed by atoms with E-state index >= 15 is 0 Å². The molecule has 2 aromatic heterocycles. The van der Waals surface area contributed by atoms with Gasteiger partial charge in [-0.25, -0.2) is 9.97 Å². The van der Waals surface area contributed by atoms with Gasteiger partial charge in [-0.15, -0.1) is 0 Å². The van der Waals surface area contributed by atoms with E-state index in [1.807, 2.05) is 38.6 Å². The summed E-state index contributed by atoms with van der Waals surface area (Å²) < 4.78 is 12.8. The van der Waals surface area contributed by atoms with Crippen molar-refractivity contribution in [1.29, 1.82) is 0 Å². The molecule has 7 heteroatoms. The molecule has 0 saturated carbocycles. The van der Waals surface area contributed by atoms with Crippen LogP contribution in [-0.4, -0.2) is 46.0 Å². The summed E-state index contributed by atoms with van der Waals surface area (Å²) in [4.78, 5) is 12.8. The highest BCUT2D eigenvalue weighted by molar-refractivity contribution is 7.70. The van der Waals surface area contributed by atoms with Crippen LogP contribution in [0.15, 0.2) is 24.4 Å². The summed E-state index contributed by atoms with van der Waals surface area (Å²) in [5.74, 6) is 0.519. The van der Waals surface area contributed by atoms with Crippen molar-refractivity contribution in [3.05, 3.63) is 35.7 Å². The molecule has 1 aliphatic carbocycles. The summed E-state index contributed by atoms with van der Waals surface area (Å²) >= 11 is 0. The number of aliphatic hydroxyl groups excluding tert-OH is 1. The Morgan fingerprint density at radius 1 is 1.33 bits per heavy atom. The lowest BCUT2D eigenvalue weighted by Gasteiger charge is -2.13. The van der Waals surface area contributed by atoms with Crippen molar-refractivity contribution in [2.75, 3.05) is 25.3 Å². The van der Waals surface area contributed by atoms with Crippen molar-refractivity contribution in [3.8, 4) is 11.3 Å². The van der Waals surface area contributed by atoms with Gasteiger partial charge in [-0.05, 0) is 51.1 Å². The van der Waals surface area contributed by atoms with Crippen LogP contribution in [-0.2, 0) is 17.4 Å². The van der Waals surface area contributed by atoms with Crippen LogP contribution in [0, 0.1) is 0 Å². The number of nitrogens with one attached hydrogen (secondary N) is 2. The molecule has 4 rings (SSSR count). The van der Waals surface area contributed by atoms with Gasteiger partial charge in [-0.2, -0.15) is 0 Å². The summed E-state index contributed by atoms with van der Waals surface area (Å²) in [6, 6.07) is 5.89. The number of aromatic amines is 1. The molecule has 0 unspecified atom stereocenters. The number of benzene rings is 1. The van der Waals surface area contributed by atoms with Crippen LogP contribution < -0.4 is 10.6 Å². The molecule has 6 nitrogen and oxygen atoms in total. The van der Waals surface area contributed by atoms with E-state index in [2.05, 4.69) is 21.4 Å². The van der Waals surface area contributed by atoms with E-state index in [0.717, 1.165) is 58.0 Å². The molecule has 1 atom stereocenters. The van der Waals surface area contributed by atoms with Crippen molar-refractivity contribution in [2.24, 2.45) is 0 Å². The minimum atomic E-state index is -2.40. The Kier molecular flexibility index (Phi) is 4.57. The molecule has 0 saturated heterocycles. The zero-order valence-electron chi connectivity index (χ0n) is 15.9. The number of hydrogen-bond donors (Lipinski definition) is 3. The van der Waals surface area contributed by atoms with Crippen LogP contribution in [0.3, 0.4) is 0 Å². The normalized spacial score (nSPS) is 15.1. The van der Waals surface area contributed by atoms with Gasteiger partial charge in [-0.3, -0.25) is 0 Å². The first-order valence-corrected chi connectivity index (χ1v) is 11.9. The summed E-state index contributed by atoms with van der Waals surface area (Å²) in [5, 5.41) is 14.4. The number of para-hydroxylation sites is 1. The molecule has 0 spiro atoms. The Hall–Kier alpha value is -2.17. The van der Waals surface area contributed by atoms with Crippen LogP contribution in [0.25, 0.3) is 22.2 Å². The third kappa shape index (κ3) is 3.28. The molecule has 2 heterocycles. The van der Waals surface area contributed by atoms with Crippen molar-refractivity contribution < 1.29 is 9.67 Å². The number of aryl methyl sites for hydroxylation is 2. The van der Waals surface area contributed by atoms with Crippen molar-refractivity contribution in [2.45, 2.75) is 32.2 Å². The van der Waals surface area contributed by atoms with E-state index in [1.165, 1.54) is 0 Å². The van der Waals surface area contributed by atoms with Gasteiger partial charge in [0.05, 0.1) is 17.8 Å². The van der Waals surface area contributed by atoms with Crippen LogP contribution >= 0.6 is 7.14 Å². The van der Waals surface area contributed by atoms with Crippen LogP contribution in [0.4, 0.5) is 5.95 Å². The molecule has 0 amide bonds. The van der Waals surface area contributed by atoms with Crippen LogP contribution in [0.1, 0.15) is 24.6 Å². The van der Waals surface area contributed by atoms with Gasteiger partial charge < -0.3 is 20.0 Å². The minimum absolute atomic E-state index is 0.0183. The fourth-order valence-electron chi connectivity index (χ4n) is 3.76. The Labute approximate surface area is 158 Å². The zero-order valence-corrected chi connectivity index (χ0v) is 16.8. The SMILES string of the molecule is C[C@@H](CO)Nc1ncc2c(n1)-c1c([nH]c3c(P(C)(C)=O)cccc13)CCC2. The third-order valence-corrected chi connectivity index (χ3v) is 6.63. The number of fused-ring (bicyclic) bond motifs is 5. The molecule has 3 N–H and O–H groups in total. The molecule has 1 aromatic carbocycles. The Morgan fingerprint density at radius 3 is 2.89 bits per heavy atom. The molecule has 27 heavy (non-hydrogen) atoms. The molecule has 0 bridgehead atoms. The first-order valence-electron chi connectivity index (χ1n) is 9.31. The predicted molar refractivity (Wildman–Crippen MR) is 111 cm³/mol. The average Bonchev–Trinajstić information content (AvgIpc) is 2.90. The Morgan fingerprint density at radius 2 is 2.15 bits per heavy atom. The van der Waals surface area contributed by atoms with Gasteiger partial charge in [0.25, 0.3) is 0 Å². The Balaban J connectivity index is 1.94. The maximum atomic E-state index is 12.8. The lowest BCUT2D eigenvalue weighted by Crippen LogP contribution is -2.21. The highest BCUT2D eigenvalue weighted by Gasteiger charge is 2.25. The Bertz CT molecular complexity index is 1050. The number of H-pyrrole nitrogens is 1. The van der Waals surface area contributed by atoms with E-state index in [9.17, 15) is 9.67 Å². The summed E-state index contributed by atoms with van der Waals surface area (Å²) in [7, 11) is -2.40. The number of nitrogens with zero attached hydrogens (tertiary/aromatic N) is 2. The van der Waals surface area contributed by atoms with Crippen molar-refractivity contribution in [3.63, 3.8) is 0 Å². The zero-order chi connectivity index (χ0) is 19.2. The third-order valence-electron chi connectivity index (χ3n) is 5.09. The van der Waals surface area contributed by atoms with E-state index in [1.54, 1.807) is 0 Å². The number of rotatable bonds is 4. The molecular formula is C20H25N4O2P. The summed E-state index contributed by atoms with van der Waals surface area (Å²) in [6.07, 6.45) is 4.75. The maximum absolute atomic E-state index is 12.8. The van der Waals surface area contributed by atoms with E-state index < -0.39 is 7.14 Å². The number of aliphatic hydroxyl groups is 1. The number of anilines is 1. The second-order valence-corrected chi connectivity index (χ2v) is 10.9. The molecule has 0 fully saturated rings. The van der Waals surface area contributed by atoms with E-state index in [0.29, 0.717) is 5.95 Å². The first-order chi connectivity index (χ1) is 12.9. The fraction of sp³-hybridized carbons (Fsp3) is 0.400. The lowest BCUT2D eigenvalue weighted by molar-refractivity contribution is 0.281. The van der Waals surface area contributed by atoms with Crippen molar-refractivity contribution >= 4 is 29.3 Å². The van der Waals surface area contributed by atoms with E-state index in [-0.39, 0.29) is 12.6 Å². The van der Waals surface area contributed by atoms with Gasteiger partial charge in [0.2, 0.25) is 5.95 Å². The second-order valence-electron chi connectivity index (χ2n) is 7.68. The van der Waals surface area contributed by atoms with Gasteiger partial charge in [-0.1, -0.05) is 12.1 Å². The number of hydrogen-bond acceptors (Lipinski definition) is 5. The monoisotopic (exact) mass is 384 g/mol. The molecule has 1 aliphatic rings. The predicted octanol–water partition coefficient (Wildman–Crippen LogP) is 3.15. The van der Waals surface area contributed by atoms with Crippen LogP contribution in [0.2, 0.25) is 0 Å². The smallest absolute Gasteiger partial charge is 0.223 e. The van der Waals surface area contributed by atoms with Gasteiger partial charge in [0, 0.05) is 34.2 Å². The summed E-state index contributed by atoms with van der Waals surface area (Å²) in [6.45, 7) is 5.52. The van der Waals surface area contributed by atoms with Gasteiger partial charge in [0.1, 0.15) is 7.14 Å². The molecule has 142 valence electrons. The maximum Gasteiger partial charge on any atom is 0.223 e. The molecule has 0 aliphatic heterocycles. The first kappa shape index (κ1) is 18.2. The quantitative estimate of drug-likeness (QED) is 0.601. The number of aromatic nitrogens is 3. The van der Waals surface area contributed by atoms with Crippen molar-refractivity contribution in [1.82, 2.24) is 15.0 Å². The largest absolute Gasteiger partial charge is 0.394 e.